The van der Waals surface area contributed by atoms with E-state index < -0.39 is 8.32 Å². The Morgan fingerprint density at radius 1 is 1.00 bits per heavy atom. The molecule has 0 fully saturated rings. The molecule has 0 radical (unpaired) electrons. The number of hydrogen-bond acceptors (Lipinski definition) is 2. The monoisotopic (exact) mass is 348 g/mol. The summed E-state index contributed by atoms with van der Waals surface area (Å²) in [6, 6.07) is 8.36. The number of benzene rings is 1. The molecule has 0 saturated heterocycles. The summed E-state index contributed by atoms with van der Waals surface area (Å²) in [5, 5.41) is 0.184. The zero-order valence-electron chi connectivity index (χ0n) is 17.3. The van der Waals surface area contributed by atoms with Crippen LogP contribution in [0.15, 0.2) is 29.8 Å². The number of ether oxygens (including phenoxy) is 1. The van der Waals surface area contributed by atoms with Gasteiger partial charge in [-0.1, -0.05) is 60.6 Å². The highest BCUT2D eigenvalue weighted by Gasteiger charge is 2.39. The van der Waals surface area contributed by atoms with E-state index in [0.717, 1.165) is 17.1 Å². The topological polar surface area (TPSA) is 18.5 Å². The van der Waals surface area contributed by atoms with Crippen LogP contribution in [0.4, 0.5) is 0 Å². The van der Waals surface area contributed by atoms with Crippen LogP contribution in [0.2, 0.25) is 18.1 Å². The van der Waals surface area contributed by atoms with E-state index in [-0.39, 0.29) is 5.04 Å². The van der Waals surface area contributed by atoms with E-state index in [1.165, 1.54) is 5.57 Å². The fourth-order valence-electron chi connectivity index (χ4n) is 2.74. The van der Waals surface area contributed by atoms with Crippen molar-refractivity contribution >= 4 is 14.1 Å². The summed E-state index contributed by atoms with van der Waals surface area (Å²) in [6.07, 6.45) is 0. The van der Waals surface area contributed by atoms with Crippen molar-refractivity contribution < 1.29 is 9.16 Å². The summed E-state index contributed by atoms with van der Waals surface area (Å²) < 4.78 is 12.3. The maximum atomic E-state index is 6.46. The van der Waals surface area contributed by atoms with Crippen LogP contribution in [-0.2, 0) is 4.74 Å². The van der Waals surface area contributed by atoms with Gasteiger partial charge in [0.25, 0.3) is 0 Å². The molecule has 0 bridgehead atoms. The van der Waals surface area contributed by atoms with Crippen LogP contribution in [0, 0.1) is 11.8 Å². The standard InChI is InChI=1S/C21H36O2Si/c1-15(2)19(16(3)4)20(22-8)17-12-11-13-18(14-17)23-24(9,10)21(5,6)7/h11-16H,1-10H3. The van der Waals surface area contributed by atoms with Gasteiger partial charge in [-0.2, -0.15) is 0 Å². The van der Waals surface area contributed by atoms with Gasteiger partial charge in [0.15, 0.2) is 0 Å². The molecule has 0 saturated carbocycles. The van der Waals surface area contributed by atoms with Crippen LogP contribution in [-0.4, -0.2) is 15.4 Å². The maximum Gasteiger partial charge on any atom is 0.250 e. The molecule has 0 unspecified atom stereocenters. The molecular weight excluding hydrogens is 312 g/mol. The molecule has 0 aliphatic rings. The molecular formula is C21H36O2Si. The molecule has 0 heterocycles. The Bertz CT molecular complexity index is 568. The van der Waals surface area contributed by atoms with E-state index in [9.17, 15) is 0 Å². The van der Waals surface area contributed by atoms with Crippen molar-refractivity contribution in [3.63, 3.8) is 0 Å². The first kappa shape index (κ1) is 20.8. The van der Waals surface area contributed by atoms with Gasteiger partial charge >= 0.3 is 0 Å². The molecule has 136 valence electrons. The molecule has 0 spiro atoms. The average molecular weight is 349 g/mol. The number of hydrogen-bond donors (Lipinski definition) is 0. The van der Waals surface area contributed by atoms with E-state index in [1.54, 1.807) is 7.11 Å². The largest absolute Gasteiger partial charge is 0.543 e. The van der Waals surface area contributed by atoms with E-state index in [4.69, 9.17) is 9.16 Å². The van der Waals surface area contributed by atoms with Crippen LogP contribution in [0.3, 0.4) is 0 Å². The van der Waals surface area contributed by atoms with Gasteiger partial charge in [0.1, 0.15) is 11.5 Å². The van der Waals surface area contributed by atoms with Crippen molar-refractivity contribution in [2.75, 3.05) is 7.11 Å². The second-order valence-corrected chi connectivity index (χ2v) is 13.4. The maximum absolute atomic E-state index is 6.46. The minimum Gasteiger partial charge on any atom is -0.543 e. The predicted molar refractivity (Wildman–Crippen MR) is 108 cm³/mol. The van der Waals surface area contributed by atoms with Gasteiger partial charge < -0.3 is 9.16 Å². The molecule has 1 aromatic carbocycles. The molecule has 0 aromatic heterocycles. The molecule has 2 nitrogen and oxygen atoms in total. The Balaban J connectivity index is 3.31. The summed E-state index contributed by atoms with van der Waals surface area (Å²) >= 11 is 0. The second kappa shape index (κ2) is 7.77. The van der Waals surface area contributed by atoms with Gasteiger partial charge in [-0.3, -0.25) is 0 Å². The van der Waals surface area contributed by atoms with Crippen molar-refractivity contribution in [3.8, 4) is 5.75 Å². The van der Waals surface area contributed by atoms with E-state index >= 15 is 0 Å². The molecule has 0 aliphatic carbocycles. The fraction of sp³-hybridized carbons (Fsp3) is 0.619. The Morgan fingerprint density at radius 2 is 1.54 bits per heavy atom. The molecule has 0 N–H and O–H groups in total. The summed E-state index contributed by atoms with van der Waals surface area (Å²) in [6.45, 7) is 20.3. The zero-order chi connectivity index (χ0) is 18.7. The third-order valence-corrected chi connectivity index (χ3v) is 9.34. The van der Waals surface area contributed by atoms with Gasteiger partial charge in [-0.05, 0) is 47.7 Å². The van der Waals surface area contributed by atoms with Crippen molar-refractivity contribution in [2.45, 2.75) is 66.6 Å². The van der Waals surface area contributed by atoms with Gasteiger partial charge in [0.2, 0.25) is 8.32 Å². The highest BCUT2D eigenvalue weighted by atomic mass is 28.4. The second-order valence-electron chi connectivity index (χ2n) is 8.69. The minimum absolute atomic E-state index is 0.184. The molecule has 1 rings (SSSR count). The Kier molecular flexibility index (Phi) is 6.74. The van der Waals surface area contributed by atoms with Crippen LogP contribution in [0.5, 0.6) is 5.75 Å². The Labute approximate surface area is 150 Å². The van der Waals surface area contributed by atoms with Gasteiger partial charge in [-0.15, -0.1) is 0 Å². The van der Waals surface area contributed by atoms with Gasteiger partial charge in [0.05, 0.1) is 7.11 Å². The van der Waals surface area contributed by atoms with E-state index in [1.807, 2.05) is 0 Å². The Hall–Kier alpha value is -1.22. The lowest BCUT2D eigenvalue weighted by Gasteiger charge is -2.36. The molecule has 3 heteroatoms. The molecule has 24 heavy (non-hydrogen) atoms. The lowest BCUT2D eigenvalue weighted by atomic mass is 9.89. The minimum atomic E-state index is -1.84. The summed E-state index contributed by atoms with van der Waals surface area (Å²) in [4.78, 5) is 0. The van der Waals surface area contributed by atoms with Crippen LogP contribution >= 0.6 is 0 Å². The van der Waals surface area contributed by atoms with Gasteiger partial charge in [-0.25, -0.2) is 0 Å². The number of methoxy groups -OCH3 is 1. The smallest absolute Gasteiger partial charge is 0.250 e. The molecule has 0 amide bonds. The zero-order valence-corrected chi connectivity index (χ0v) is 18.3. The third-order valence-electron chi connectivity index (χ3n) is 4.99. The van der Waals surface area contributed by atoms with Crippen LogP contribution < -0.4 is 4.43 Å². The predicted octanol–water partition coefficient (Wildman–Crippen LogP) is 6.74. The first-order valence-electron chi connectivity index (χ1n) is 8.98. The van der Waals surface area contributed by atoms with Crippen molar-refractivity contribution in [3.05, 3.63) is 35.4 Å². The number of rotatable bonds is 6. The van der Waals surface area contributed by atoms with Crippen molar-refractivity contribution in [1.29, 1.82) is 0 Å². The van der Waals surface area contributed by atoms with E-state index in [2.05, 4.69) is 85.8 Å². The lowest BCUT2D eigenvalue weighted by molar-refractivity contribution is 0.357. The SMILES string of the molecule is COC(=C(C(C)C)C(C)C)c1cccc(O[Si](C)(C)C(C)(C)C)c1. The first-order valence-corrected chi connectivity index (χ1v) is 11.9. The molecule has 0 aliphatic heterocycles. The molecule has 1 aromatic rings. The normalized spacial score (nSPS) is 12.5. The van der Waals surface area contributed by atoms with E-state index in [0.29, 0.717) is 11.8 Å². The highest BCUT2D eigenvalue weighted by molar-refractivity contribution is 6.74. The third kappa shape index (κ3) is 4.89. The Morgan fingerprint density at radius 3 is 1.96 bits per heavy atom. The van der Waals surface area contributed by atoms with Crippen molar-refractivity contribution in [2.24, 2.45) is 11.8 Å². The first-order chi connectivity index (χ1) is 10.9. The molecule has 0 atom stereocenters. The van der Waals surface area contributed by atoms with Crippen molar-refractivity contribution in [1.82, 2.24) is 0 Å². The fourth-order valence-corrected chi connectivity index (χ4v) is 3.76. The quantitative estimate of drug-likeness (QED) is 0.418. The van der Waals surface area contributed by atoms with Crippen LogP contribution in [0.25, 0.3) is 5.76 Å². The number of allylic oxidation sites excluding steroid dienone is 1. The highest BCUT2D eigenvalue weighted by Crippen LogP contribution is 2.38. The lowest BCUT2D eigenvalue weighted by Crippen LogP contribution is -2.43. The van der Waals surface area contributed by atoms with Crippen LogP contribution in [0.1, 0.15) is 54.0 Å². The summed E-state index contributed by atoms with van der Waals surface area (Å²) in [7, 11) is -0.0760. The summed E-state index contributed by atoms with van der Waals surface area (Å²) in [5.41, 5.74) is 2.45. The van der Waals surface area contributed by atoms with Gasteiger partial charge in [0, 0.05) is 5.56 Å². The average Bonchev–Trinajstić information content (AvgIpc) is 2.42. The summed E-state index contributed by atoms with van der Waals surface area (Å²) in [5.74, 6) is 2.83.